The Bertz CT molecular complexity index is 916. The number of hydrogen-bond acceptors (Lipinski definition) is 5. The number of aromatic nitrogens is 1. The van der Waals surface area contributed by atoms with E-state index >= 15 is 0 Å². The largest absolute Gasteiger partial charge is 0.380 e. The molecule has 1 aromatic heterocycles. The topological polar surface area (TPSA) is 79.4 Å². The van der Waals surface area contributed by atoms with Gasteiger partial charge in [-0.3, -0.25) is 4.79 Å². The third-order valence-electron chi connectivity index (χ3n) is 4.67. The van der Waals surface area contributed by atoms with Crippen LogP contribution in [0, 0.1) is 5.82 Å². The van der Waals surface area contributed by atoms with Crippen LogP contribution in [0.4, 0.5) is 10.1 Å². The maximum absolute atomic E-state index is 13.6. The first kappa shape index (κ1) is 19.3. The molecule has 1 unspecified atom stereocenters. The van der Waals surface area contributed by atoms with Gasteiger partial charge in [0.15, 0.2) is 9.84 Å². The lowest BCUT2D eigenvalue weighted by atomic mass is 10.2. The summed E-state index contributed by atoms with van der Waals surface area (Å²) >= 11 is 0. The summed E-state index contributed by atoms with van der Waals surface area (Å²) in [5.74, 6) is -0.432. The lowest BCUT2D eigenvalue weighted by Gasteiger charge is -2.26. The van der Waals surface area contributed by atoms with Gasteiger partial charge in [-0.05, 0) is 31.5 Å². The molecule has 8 heteroatoms. The number of anilines is 1. The van der Waals surface area contributed by atoms with E-state index < -0.39 is 9.84 Å². The maximum atomic E-state index is 13.6. The van der Waals surface area contributed by atoms with Crippen molar-refractivity contribution in [3.63, 3.8) is 0 Å². The summed E-state index contributed by atoms with van der Waals surface area (Å²) in [6, 6.07) is 9.51. The van der Waals surface area contributed by atoms with Gasteiger partial charge in [-0.25, -0.2) is 17.8 Å². The molecule has 1 fully saturated rings. The molecule has 0 spiro atoms. The lowest BCUT2D eigenvalue weighted by Crippen LogP contribution is -2.41. The number of pyridine rings is 1. The number of halogens is 1. The summed E-state index contributed by atoms with van der Waals surface area (Å²) in [5, 5.41) is 3.07. The number of amides is 1. The maximum Gasteiger partial charge on any atom is 0.272 e. The number of nitrogens with one attached hydrogen (secondary N) is 1. The van der Waals surface area contributed by atoms with Gasteiger partial charge in [0.05, 0.1) is 23.4 Å². The SMILES string of the molecule is CCN(C(=O)c1ccc(NCc2ccccc2F)cn1)C1CCS(=O)(=O)C1. The average molecular weight is 391 g/mol. The van der Waals surface area contributed by atoms with E-state index in [-0.39, 0.29) is 35.0 Å². The second-order valence-electron chi connectivity index (χ2n) is 6.53. The van der Waals surface area contributed by atoms with Crippen molar-refractivity contribution in [3.05, 3.63) is 59.7 Å². The molecule has 3 rings (SSSR count). The Kier molecular flexibility index (Phi) is 5.74. The predicted octanol–water partition coefficient (Wildman–Crippen LogP) is 2.48. The number of benzene rings is 1. The van der Waals surface area contributed by atoms with Crippen molar-refractivity contribution in [1.82, 2.24) is 9.88 Å². The molecule has 1 saturated heterocycles. The van der Waals surface area contributed by atoms with E-state index in [0.717, 1.165) is 0 Å². The van der Waals surface area contributed by atoms with E-state index in [9.17, 15) is 17.6 Å². The minimum atomic E-state index is -3.07. The molecule has 27 heavy (non-hydrogen) atoms. The van der Waals surface area contributed by atoms with Crippen molar-refractivity contribution in [1.29, 1.82) is 0 Å². The van der Waals surface area contributed by atoms with Crippen molar-refractivity contribution in [2.45, 2.75) is 25.9 Å². The van der Waals surface area contributed by atoms with Crippen molar-refractivity contribution in [3.8, 4) is 0 Å². The first-order valence-corrected chi connectivity index (χ1v) is 10.7. The summed E-state index contributed by atoms with van der Waals surface area (Å²) in [6.07, 6.45) is 1.98. The van der Waals surface area contributed by atoms with Crippen LogP contribution in [0.2, 0.25) is 0 Å². The summed E-state index contributed by atoms with van der Waals surface area (Å²) in [6.45, 7) is 2.56. The highest BCUT2D eigenvalue weighted by atomic mass is 32.2. The zero-order valence-electron chi connectivity index (χ0n) is 15.1. The Balaban J connectivity index is 1.65. The minimum Gasteiger partial charge on any atom is -0.380 e. The molecule has 0 aliphatic carbocycles. The molecule has 0 radical (unpaired) electrons. The van der Waals surface area contributed by atoms with Crippen molar-refractivity contribution in [2.75, 3.05) is 23.4 Å². The third kappa shape index (κ3) is 4.63. The van der Waals surface area contributed by atoms with E-state index in [1.807, 2.05) is 6.92 Å². The van der Waals surface area contributed by atoms with Crippen LogP contribution in [0.15, 0.2) is 42.6 Å². The first-order valence-electron chi connectivity index (χ1n) is 8.84. The quantitative estimate of drug-likeness (QED) is 0.818. The van der Waals surface area contributed by atoms with Crippen LogP contribution >= 0.6 is 0 Å². The molecular weight excluding hydrogens is 369 g/mol. The highest BCUT2D eigenvalue weighted by Crippen LogP contribution is 2.20. The number of hydrogen-bond donors (Lipinski definition) is 1. The fourth-order valence-electron chi connectivity index (χ4n) is 3.20. The van der Waals surface area contributed by atoms with Gasteiger partial charge < -0.3 is 10.2 Å². The Morgan fingerprint density at radius 1 is 1.30 bits per heavy atom. The fourth-order valence-corrected chi connectivity index (χ4v) is 4.93. The van der Waals surface area contributed by atoms with Gasteiger partial charge in [0, 0.05) is 24.7 Å². The van der Waals surface area contributed by atoms with E-state index in [0.29, 0.717) is 30.8 Å². The molecule has 1 amide bonds. The second-order valence-corrected chi connectivity index (χ2v) is 8.75. The second kappa shape index (κ2) is 8.04. The Hall–Kier alpha value is -2.48. The van der Waals surface area contributed by atoms with Crippen LogP contribution in [-0.2, 0) is 16.4 Å². The molecule has 6 nitrogen and oxygen atoms in total. The molecule has 1 aliphatic heterocycles. The monoisotopic (exact) mass is 391 g/mol. The molecule has 0 bridgehead atoms. The zero-order chi connectivity index (χ0) is 19.4. The van der Waals surface area contributed by atoms with Gasteiger partial charge in [-0.1, -0.05) is 18.2 Å². The third-order valence-corrected chi connectivity index (χ3v) is 6.42. The van der Waals surface area contributed by atoms with Gasteiger partial charge in [0.1, 0.15) is 11.5 Å². The van der Waals surface area contributed by atoms with Gasteiger partial charge >= 0.3 is 0 Å². The number of sulfone groups is 1. The van der Waals surface area contributed by atoms with Crippen LogP contribution in [0.3, 0.4) is 0 Å². The standard InChI is InChI=1S/C19H22FN3O3S/c1-2-23(16-9-10-27(25,26)13-16)19(24)18-8-7-15(12-22-18)21-11-14-5-3-4-6-17(14)20/h3-8,12,16,21H,2,9-11,13H2,1H3. The molecule has 1 aliphatic rings. The molecular formula is C19H22FN3O3S. The predicted molar refractivity (Wildman–Crippen MR) is 102 cm³/mol. The number of rotatable bonds is 6. The molecule has 2 aromatic rings. The summed E-state index contributed by atoms with van der Waals surface area (Å²) in [4.78, 5) is 18.5. The van der Waals surface area contributed by atoms with E-state index in [2.05, 4.69) is 10.3 Å². The molecule has 1 atom stereocenters. The van der Waals surface area contributed by atoms with E-state index in [4.69, 9.17) is 0 Å². The smallest absolute Gasteiger partial charge is 0.272 e. The number of carbonyl (C=O) groups is 1. The van der Waals surface area contributed by atoms with Gasteiger partial charge in [-0.2, -0.15) is 0 Å². The van der Waals surface area contributed by atoms with Crippen molar-refractivity contribution in [2.24, 2.45) is 0 Å². The first-order chi connectivity index (χ1) is 12.9. The van der Waals surface area contributed by atoms with Crippen LogP contribution < -0.4 is 5.32 Å². The van der Waals surface area contributed by atoms with Gasteiger partial charge in [-0.15, -0.1) is 0 Å². The molecule has 1 aromatic carbocycles. The van der Waals surface area contributed by atoms with Crippen LogP contribution in [0.1, 0.15) is 29.4 Å². The molecule has 0 saturated carbocycles. The van der Waals surface area contributed by atoms with E-state index in [1.54, 1.807) is 35.2 Å². The Labute approximate surface area is 158 Å². The van der Waals surface area contributed by atoms with Crippen LogP contribution in [-0.4, -0.2) is 48.3 Å². The highest BCUT2D eigenvalue weighted by molar-refractivity contribution is 7.91. The average Bonchev–Trinajstić information content (AvgIpc) is 3.01. The van der Waals surface area contributed by atoms with Gasteiger partial charge in [0.2, 0.25) is 0 Å². The normalized spacial score (nSPS) is 18.2. The molecule has 1 N–H and O–H groups in total. The molecule has 144 valence electrons. The number of nitrogens with zero attached hydrogens (tertiary/aromatic N) is 2. The fraction of sp³-hybridized carbons (Fsp3) is 0.368. The van der Waals surface area contributed by atoms with Crippen molar-refractivity contribution < 1.29 is 17.6 Å². The minimum absolute atomic E-state index is 0.00879. The summed E-state index contributed by atoms with van der Waals surface area (Å²) in [5.41, 5.74) is 1.47. The molecule has 2 heterocycles. The lowest BCUT2D eigenvalue weighted by molar-refractivity contribution is 0.0702. The Morgan fingerprint density at radius 3 is 2.67 bits per heavy atom. The number of carbonyl (C=O) groups excluding carboxylic acids is 1. The summed E-state index contributed by atoms with van der Waals surface area (Å²) in [7, 11) is -3.07. The summed E-state index contributed by atoms with van der Waals surface area (Å²) < 4.78 is 37.0. The van der Waals surface area contributed by atoms with Crippen molar-refractivity contribution >= 4 is 21.4 Å². The Morgan fingerprint density at radius 2 is 2.07 bits per heavy atom. The highest BCUT2D eigenvalue weighted by Gasteiger charge is 2.34. The zero-order valence-corrected chi connectivity index (χ0v) is 15.9. The van der Waals surface area contributed by atoms with E-state index in [1.165, 1.54) is 12.3 Å². The van der Waals surface area contributed by atoms with Crippen LogP contribution in [0.5, 0.6) is 0 Å². The van der Waals surface area contributed by atoms with Crippen LogP contribution in [0.25, 0.3) is 0 Å². The van der Waals surface area contributed by atoms with Gasteiger partial charge in [0.25, 0.3) is 5.91 Å².